The number of rotatable bonds is 2. The van der Waals surface area contributed by atoms with Crippen LogP contribution in [0.25, 0.3) is 10.6 Å². The normalized spacial score (nSPS) is 18.1. The van der Waals surface area contributed by atoms with E-state index in [0.29, 0.717) is 12.8 Å². The van der Waals surface area contributed by atoms with Gasteiger partial charge in [0.2, 0.25) is 0 Å². The van der Waals surface area contributed by atoms with Gasteiger partial charge in [-0.05, 0) is 18.9 Å². The van der Waals surface area contributed by atoms with Crippen molar-refractivity contribution >= 4 is 17.8 Å². The van der Waals surface area contributed by atoms with Gasteiger partial charge < -0.3 is 25.0 Å². The van der Waals surface area contributed by atoms with Crippen molar-refractivity contribution in [3.8, 4) is 0 Å². The summed E-state index contributed by atoms with van der Waals surface area (Å²) < 4.78 is 0. The van der Waals surface area contributed by atoms with Crippen LogP contribution in [-0.2, 0) is 9.59 Å². The standard InChI is InChI=1S/C8H12N2O3.2K/c1-3-8(4-2)5(11)9-7(13)10-6(8)12;;/h3-4H2,1-2H3,(H2,9,10,11,12,13);;/q;2*+1/p-2. The molecular weight excluding hydrogens is 250 g/mol. The van der Waals surface area contributed by atoms with Gasteiger partial charge in [-0.1, -0.05) is 13.8 Å². The van der Waals surface area contributed by atoms with Crippen LogP contribution in [-0.4, -0.2) is 17.8 Å². The zero-order valence-electron chi connectivity index (χ0n) is 9.53. The van der Waals surface area contributed by atoms with Gasteiger partial charge in [-0.15, -0.1) is 0 Å². The van der Waals surface area contributed by atoms with Crippen molar-refractivity contribution in [1.29, 1.82) is 0 Å². The molecule has 1 aliphatic rings. The molecule has 0 atom stereocenters. The third-order valence-corrected chi connectivity index (χ3v) is 2.42. The fourth-order valence-electron chi connectivity index (χ4n) is 1.36. The Labute approximate surface area is 174 Å². The average molecular weight is 260 g/mol. The predicted molar refractivity (Wildman–Crippen MR) is 45.1 cm³/mol. The first-order valence-corrected chi connectivity index (χ1v) is 4.13. The minimum atomic E-state index is -1.17. The predicted octanol–water partition coefficient (Wildman–Crippen LogP) is -4.26. The molecule has 0 aromatic carbocycles. The molecule has 7 heteroatoms. The minimum Gasteiger partial charge on any atom is -0.611 e. The van der Waals surface area contributed by atoms with Crippen LogP contribution < -0.4 is 103 Å². The zero-order chi connectivity index (χ0) is 10.1. The number of hydrogen-bond donors (Lipinski definition) is 0. The van der Waals surface area contributed by atoms with E-state index in [9.17, 15) is 14.4 Å². The van der Waals surface area contributed by atoms with Crippen molar-refractivity contribution in [2.45, 2.75) is 26.7 Å². The fourth-order valence-corrected chi connectivity index (χ4v) is 1.36. The number of hydrogen-bond acceptors (Lipinski definition) is 3. The Morgan fingerprint density at radius 2 is 1.27 bits per heavy atom. The Balaban J connectivity index is 0. The van der Waals surface area contributed by atoms with E-state index in [4.69, 9.17) is 0 Å². The molecule has 4 amide bonds. The van der Waals surface area contributed by atoms with Crippen LogP contribution in [0, 0.1) is 5.41 Å². The number of imide groups is 2. The Kier molecular flexibility index (Phi) is 10.3. The molecule has 1 saturated heterocycles. The number of urea groups is 1. The van der Waals surface area contributed by atoms with Crippen LogP contribution >= 0.6 is 0 Å². The number of carbonyl (C=O) groups excluding carboxylic acids is 3. The molecule has 1 heterocycles. The molecule has 0 N–H and O–H groups in total. The molecule has 0 radical (unpaired) electrons. The van der Waals surface area contributed by atoms with Gasteiger partial charge in [0.05, 0.1) is 17.2 Å². The first kappa shape index (κ1) is 19.2. The van der Waals surface area contributed by atoms with Crippen LogP contribution in [0.15, 0.2) is 0 Å². The molecule has 72 valence electrons. The third kappa shape index (κ3) is 3.94. The summed E-state index contributed by atoms with van der Waals surface area (Å²) in [6.07, 6.45) is 0.670. The summed E-state index contributed by atoms with van der Waals surface area (Å²) in [6, 6.07) is -0.979. The second kappa shape index (κ2) is 8.07. The minimum absolute atomic E-state index is 0. The van der Waals surface area contributed by atoms with Crippen LogP contribution in [0.4, 0.5) is 4.79 Å². The first-order chi connectivity index (χ1) is 6.06. The van der Waals surface area contributed by atoms with E-state index in [2.05, 4.69) is 10.6 Å². The molecule has 5 nitrogen and oxygen atoms in total. The monoisotopic (exact) mass is 260 g/mol. The molecule has 0 unspecified atom stereocenters. The topological polar surface area (TPSA) is 79.4 Å². The van der Waals surface area contributed by atoms with E-state index >= 15 is 0 Å². The number of barbiturate groups is 1. The van der Waals surface area contributed by atoms with Crippen LogP contribution in [0.1, 0.15) is 26.7 Å². The maximum Gasteiger partial charge on any atom is 1.00 e. The molecule has 0 bridgehead atoms. The molecule has 15 heavy (non-hydrogen) atoms. The second-order valence-electron chi connectivity index (χ2n) is 2.91. The maximum absolute atomic E-state index is 11.3. The van der Waals surface area contributed by atoms with Crippen LogP contribution in [0.2, 0.25) is 0 Å². The van der Waals surface area contributed by atoms with E-state index in [1.165, 1.54) is 0 Å². The number of amides is 4. The van der Waals surface area contributed by atoms with Gasteiger partial charge in [-0.25, -0.2) is 0 Å². The summed E-state index contributed by atoms with van der Waals surface area (Å²) in [7, 11) is 0. The van der Waals surface area contributed by atoms with Gasteiger partial charge in [-0.2, -0.15) is 0 Å². The average Bonchev–Trinajstić information content (AvgIpc) is 2.05. The summed E-state index contributed by atoms with van der Waals surface area (Å²) in [5.74, 6) is -1.30. The SMILES string of the molecule is CCC1(CC)C(=O)[N-]C(=O)[N-]C1=O.[K+].[K+]. The van der Waals surface area contributed by atoms with E-state index < -0.39 is 23.3 Å². The van der Waals surface area contributed by atoms with Gasteiger partial charge in [0.25, 0.3) is 0 Å². The molecule has 0 aliphatic carbocycles. The van der Waals surface area contributed by atoms with Crippen molar-refractivity contribution in [1.82, 2.24) is 0 Å². The van der Waals surface area contributed by atoms with Gasteiger partial charge in [-0.3, -0.25) is 0 Å². The van der Waals surface area contributed by atoms with Crippen molar-refractivity contribution in [2.75, 3.05) is 0 Å². The molecular formula is C8H10K2N2O3. The second-order valence-corrected chi connectivity index (χ2v) is 2.91. The largest absolute Gasteiger partial charge is 1.00 e. The summed E-state index contributed by atoms with van der Waals surface area (Å²) >= 11 is 0. The smallest absolute Gasteiger partial charge is 0.611 e. The summed E-state index contributed by atoms with van der Waals surface area (Å²) in [5, 5.41) is 6.33. The summed E-state index contributed by atoms with van der Waals surface area (Å²) in [4.78, 5) is 33.3. The van der Waals surface area contributed by atoms with E-state index in [0.717, 1.165) is 0 Å². The van der Waals surface area contributed by atoms with Crippen LogP contribution in [0.5, 0.6) is 0 Å². The Hall–Kier alpha value is 1.88. The van der Waals surface area contributed by atoms with Gasteiger partial charge in [0, 0.05) is 0 Å². The van der Waals surface area contributed by atoms with Gasteiger partial charge >= 0.3 is 103 Å². The Bertz CT molecular complexity index is 255. The first-order valence-electron chi connectivity index (χ1n) is 4.13. The summed E-state index contributed by atoms with van der Waals surface area (Å²) in [6.45, 7) is 3.42. The Morgan fingerprint density at radius 1 is 0.933 bits per heavy atom. The molecule has 1 fully saturated rings. The quantitative estimate of drug-likeness (QED) is 0.372. The maximum atomic E-state index is 11.3. The Morgan fingerprint density at radius 3 is 1.53 bits per heavy atom. The van der Waals surface area contributed by atoms with E-state index in [-0.39, 0.29) is 103 Å². The van der Waals surface area contributed by atoms with Crippen molar-refractivity contribution in [2.24, 2.45) is 5.41 Å². The van der Waals surface area contributed by atoms with Crippen LogP contribution in [0.3, 0.4) is 0 Å². The third-order valence-electron chi connectivity index (χ3n) is 2.42. The molecule has 1 rings (SSSR count). The van der Waals surface area contributed by atoms with E-state index in [1.807, 2.05) is 0 Å². The van der Waals surface area contributed by atoms with Gasteiger partial charge in [0.1, 0.15) is 0 Å². The van der Waals surface area contributed by atoms with Crippen molar-refractivity contribution < 1.29 is 117 Å². The molecule has 0 spiro atoms. The molecule has 1 aliphatic heterocycles. The summed E-state index contributed by atoms with van der Waals surface area (Å²) in [5.41, 5.74) is -1.17. The van der Waals surface area contributed by atoms with Crippen molar-refractivity contribution in [3.63, 3.8) is 0 Å². The van der Waals surface area contributed by atoms with Crippen molar-refractivity contribution in [3.05, 3.63) is 10.6 Å². The van der Waals surface area contributed by atoms with E-state index in [1.54, 1.807) is 13.8 Å². The van der Waals surface area contributed by atoms with Gasteiger partial charge in [0.15, 0.2) is 0 Å². The molecule has 0 aromatic heterocycles. The zero-order valence-corrected chi connectivity index (χ0v) is 15.8. The molecule has 0 aromatic rings. The number of nitrogens with zero attached hydrogens (tertiary/aromatic N) is 2. The fraction of sp³-hybridized carbons (Fsp3) is 0.625. The number of carbonyl (C=O) groups is 3. The molecule has 0 saturated carbocycles.